The van der Waals surface area contributed by atoms with Crippen LogP contribution in [0.15, 0.2) is 39.6 Å². The molecule has 2 rings (SSSR count). The van der Waals surface area contributed by atoms with Crippen molar-refractivity contribution in [3.05, 3.63) is 40.3 Å². The number of carbonyl (C=O) groups is 1. The largest absolute Gasteiger partial charge is 0.488 e. The predicted octanol–water partition coefficient (Wildman–Crippen LogP) is 1.47. The molecule has 0 saturated carbocycles. The predicted molar refractivity (Wildman–Crippen MR) is 69.0 cm³/mol. The SMILES string of the molecule is O=C(O)C1=NS(=O)(=O)C(COc2cccc(Cl)c2)=C1. The number of carboxylic acid groups (broad SMARTS) is 1. The van der Waals surface area contributed by atoms with Gasteiger partial charge < -0.3 is 9.84 Å². The molecule has 100 valence electrons. The molecule has 0 saturated heterocycles. The first-order valence-corrected chi connectivity index (χ1v) is 6.87. The lowest BCUT2D eigenvalue weighted by atomic mass is 10.3. The van der Waals surface area contributed by atoms with E-state index in [1.165, 1.54) is 6.07 Å². The van der Waals surface area contributed by atoms with Crippen LogP contribution in [0, 0.1) is 0 Å². The molecule has 0 fully saturated rings. The molecule has 1 heterocycles. The fraction of sp³-hybridized carbons (Fsp3) is 0.0909. The van der Waals surface area contributed by atoms with Crippen LogP contribution >= 0.6 is 11.6 Å². The number of carboxylic acids is 1. The summed E-state index contributed by atoms with van der Waals surface area (Å²) in [5.74, 6) is -1.02. The maximum atomic E-state index is 11.5. The number of nitrogens with zero attached hydrogens (tertiary/aromatic N) is 1. The van der Waals surface area contributed by atoms with Gasteiger partial charge in [0.15, 0.2) is 5.71 Å². The summed E-state index contributed by atoms with van der Waals surface area (Å²) in [7, 11) is -3.95. The molecule has 1 aliphatic rings. The van der Waals surface area contributed by atoms with Gasteiger partial charge in [-0.25, -0.2) is 4.79 Å². The van der Waals surface area contributed by atoms with Crippen LogP contribution in [-0.2, 0) is 14.8 Å². The summed E-state index contributed by atoms with van der Waals surface area (Å²) in [5, 5.41) is 9.13. The van der Waals surface area contributed by atoms with Crippen LogP contribution in [0.4, 0.5) is 0 Å². The zero-order valence-electron chi connectivity index (χ0n) is 9.41. The van der Waals surface area contributed by atoms with Crippen molar-refractivity contribution in [2.24, 2.45) is 4.40 Å². The molecule has 19 heavy (non-hydrogen) atoms. The number of aliphatic carboxylic acids is 1. The molecule has 0 atom stereocenters. The van der Waals surface area contributed by atoms with Crippen molar-refractivity contribution in [3.63, 3.8) is 0 Å². The summed E-state index contributed by atoms with van der Waals surface area (Å²) in [6.45, 7) is -0.303. The van der Waals surface area contributed by atoms with Gasteiger partial charge in [-0.2, -0.15) is 12.8 Å². The minimum atomic E-state index is -3.95. The summed E-state index contributed by atoms with van der Waals surface area (Å²) in [5.41, 5.74) is -0.523. The second-order valence-corrected chi connectivity index (χ2v) is 5.71. The molecule has 0 unspecified atom stereocenters. The molecule has 1 aromatic rings. The van der Waals surface area contributed by atoms with E-state index in [4.69, 9.17) is 21.4 Å². The van der Waals surface area contributed by atoms with E-state index in [9.17, 15) is 13.2 Å². The third kappa shape index (κ3) is 3.12. The molecule has 0 bridgehead atoms. The third-order valence-electron chi connectivity index (χ3n) is 2.24. The zero-order chi connectivity index (χ0) is 14.0. The van der Waals surface area contributed by atoms with Crippen LogP contribution in [0.3, 0.4) is 0 Å². The molecule has 8 heteroatoms. The standard InChI is InChI=1S/C11H8ClNO5S/c12-7-2-1-3-8(4-7)18-6-9-5-10(11(14)15)13-19(9,16)17/h1-5H,6H2,(H,14,15). The first-order valence-electron chi connectivity index (χ1n) is 5.06. The molecule has 0 amide bonds. The summed E-state index contributed by atoms with van der Waals surface area (Å²) in [4.78, 5) is 10.5. The van der Waals surface area contributed by atoms with Crippen LogP contribution in [-0.4, -0.2) is 31.8 Å². The van der Waals surface area contributed by atoms with E-state index in [0.29, 0.717) is 10.8 Å². The lowest BCUT2D eigenvalue weighted by molar-refractivity contribution is -0.129. The van der Waals surface area contributed by atoms with Gasteiger partial charge >= 0.3 is 5.97 Å². The maximum Gasteiger partial charge on any atom is 0.355 e. The van der Waals surface area contributed by atoms with Gasteiger partial charge in [-0.3, -0.25) is 0 Å². The number of hydrogen-bond donors (Lipinski definition) is 1. The minimum absolute atomic E-state index is 0.204. The molecule has 1 aromatic carbocycles. The molecule has 6 nitrogen and oxygen atoms in total. The Balaban J connectivity index is 2.13. The first kappa shape index (κ1) is 13.6. The Morgan fingerprint density at radius 1 is 1.42 bits per heavy atom. The van der Waals surface area contributed by atoms with Crippen LogP contribution in [0.1, 0.15) is 0 Å². The maximum absolute atomic E-state index is 11.5. The Morgan fingerprint density at radius 2 is 2.16 bits per heavy atom. The fourth-order valence-corrected chi connectivity index (χ4v) is 2.53. The van der Waals surface area contributed by atoms with E-state index in [2.05, 4.69) is 4.40 Å². The van der Waals surface area contributed by atoms with Crippen molar-refractivity contribution in [1.82, 2.24) is 0 Å². The number of benzene rings is 1. The monoisotopic (exact) mass is 301 g/mol. The van der Waals surface area contributed by atoms with Crippen LogP contribution < -0.4 is 4.74 Å². The van der Waals surface area contributed by atoms with Crippen LogP contribution in [0.2, 0.25) is 5.02 Å². The van der Waals surface area contributed by atoms with Crippen molar-refractivity contribution < 1.29 is 23.1 Å². The van der Waals surface area contributed by atoms with Gasteiger partial charge in [0.25, 0.3) is 10.0 Å². The van der Waals surface area contributed by atoms with E-state index in [1.54, 1.807) is 18.2 Å². The molecule has 1 N–H and O–H groups in total. The van der Waals surface area contributed by atoms with Gasteiger partial charge in [-0.15, -0.1) is 0 Å². The lowest BCUT2D eigenvalue weighted by Gasteiger charge is -2.06. The number of ether oxygens (including phenoxy) is 1. The highest BCUT2D eigenvalue weighted by molar-refractivity contribution is 7.94. The van der Waals surface area contributed by atoms with Crippen molar-refractivity contribution in [3.8, 4) is 5.75 Å². The molecule has 0 aliphatic carbocycles. The average molecular weight is 302 g/mol. The minimum Gasteiger partial charge on any atom is -0.488 e. The Hall–Kier alpha value is -1.86. The Kier molecular flexibility index (Phi) is 3.59. The Labute approximate surface area is 114 Å². The second-order valence-electron chi connectivity index (χ2n) is 3.61. The Morgan fingerprint density at radius 3 is 2.74 bits per heavy atom. The van der Waals surface area contributed by atoms with E-state index in [-0.39, 0.29) is 11.5 Å². The van der Waals surface area contributed by atoms with Crippen molar-refractivity contribution in [2.75, 3.05) is 6.61 Å². The number of hydrogen-bond acceptors (Lipinski definition) is 4. The van der Waals surface area contributed by atoms with Crippen molar-refractivity contribution in [1.29, 1.82) is 0 Å². The highest BCUT2D eigenvalue weighted by Crippen LogP contribution is 2.21. The zero-order valence-corrected chi connectivity index (χ0v) is 11.0. The topological polar surface area (TPSA) is 93.0 Å². The van der Waals surface area contributed by atoms with E-state index in [0.717, 1.165) is 6.08 Å². The van der Waals surface area contributed by atoms with E-state index >= 15 is 0 Å². The summed E-state index contributed by atoms with van der Waals surface area (Å²) in [6.07, 6.45) is 0.974. The number of rotatable bonds is 4. The lowest BCUT2D eigenvalue weighted by Crippen LogP contribution is -2.07. The average Bonchev–Trinajstić information content (AvgIpc) is 2.62. The third-order valence-corrected chi connectivity index (χ3v) is 3.81. The van der Waals surface area contributed by atoms with Crippen molar-refractivity contribution >= 4 is 33.3 Å². The van der Waals surface area contributed by atoms with Gasteiger partial charge in [0.05, 0.1) is 0 Å². The van der Waals surface area contributed by atoms with Crippen LogP contribution in [0.5, 0.6) is 5.75 Å². The second kappa shape index (κ2) is 5.02. The van der Waals surface area contributed by atoms with E-state index < -0.39 is 21.7 Å². The highest BCUT2D eigenvalue weighted by atomic mass is 35.5. The number of sulfonamides is 1. The van der Waals surface area contributed by atoms with Gasteiger partial charge in [0.1, 0.15) is 17.3 Å². The Bertz CT molecular complexity index is 693. The summed E-state index contributed by atoms with van der Waals surface area (Å²) >= 11 is 5.75. The molecule has 1 aliphatic heterocycles. The highest BCUT2D eigenvalue weighted by Gasteiger charge is 2.28. The van der Waals surface area contributed by atoms with Crippen LogP contribution in [0.25, 0.3) is 0 Å². The van der Waals surface area contributed by atoms with Crippen molar-refractivity contribution in [2.45, 2.75) is 0 Å². The summed E-state index contributed by atoms with van der Waals surface area (Å²) in [6, 6.07) is 6.41. The molecular weight excluding hydrogens is 294 g/mol. The van der Waals surface area contributed by atoms with Gasteiger partial charge in [0.2, 0.25) is 0 Å². The smallest absolute Gasteiger partial charge is 0.355 e. The van der Waals surface area contributed by atoms with E-state index in [1.807, 2.05) is 0 Å². The number of halogens is 1. The van der Waals surface area contributed by atoms with Gasteiger partial charge in [0, 0.05) is 5.02 Å². The summed E-state index contributed by atoms with van der Waals surface area (Å²) < 4.78 is 31.4. The van der Waals surface area contributed by atoms with Gasteiger partial charge in [-0.1, -0.05) is 17.7 Å². The normalized spacial score (nSPS) is 16.7. The molecule has 0 aromatic heterocycles. The quantitative estimate of drug-likeness (QED) is 0.909. The molecule has 0 radical (unpaired) electrons. The molecule has 0 spiro atoms. The molecular formula is C11H8ClNO5S. The first-order chi connectivity index (χ1) is 8.88. The fourth-order valence-electron chi connectivity index (χ4n) is 1.37. The van der Waals surface area contributed by atoms with Gasteiger partial charge in [-0.05, 0) is 24.3 Å².